The topological polar surface area (TPSA) is 60.5 Å². The van der Waals surface area contributed by atoms with Gasteiger partial charge in [0.15, 0.2) is 0 Å². The van der Waals surface area contributed by atoms with Crippen molar-refractivity contribution >= 4 is 5.97 Å². The Morgan fingerprint density at radius 1 is 1.50 bits per heavy atom. The van der Waals surface area contributed by atoms with Crippen molar-refractivity contribution in [3.05, 3.63) is 29.6 Å². The molecule has 98 valence electrons. The Hall–Kier alpha value is -1.46. The highest BCUT2D eigenvalue weighted by Crippen LogP contribution is 2.22. The van der Waals surface area contributed by atoms with Crippen molar-refractivity contribution in [3.63, 3.8) is 0 Å². The van der Waals surface area contributed by atoms with Crippen LogP contribution in [0.4, 0.5) is 0 Å². The lowest BCUT2D eigenvalue weighted by Gasteiger charge is -2.34. The van der Waals surface area contributed by atoms with Crippen LogP contribution >= 0.6 is 0 Å². The van der Waals surface area contributed by atoms with E-state index in [0.717, 1.165) is 18.5 Å². The van der Waals surface area contributed by atoms with Crippen LogP contribution in [-0.4, -0.2) is 37.3 Å². The number of hydrogen-bond donors (Lipinski definition) is 1. The van der Waals surface area contributed by atoms with E-state index in [1.807, 2.05) is 0 Å². The van der Waals surface area contributed by atoms with E-state index in [2.05, 4.69) is 10.3 Å². The van der Waals surface area contributed by atoms with E-state index >= 15 is 0 Å². The van der Waals surface area contributed by atoms with Crippen molar-refractivity contribution in [2.45, 2.75) is 31.5 Å². The van der Waals surface area contributed by atoms with Crippen LogP contribution < -0.4 is 5.32 Å². The summed E-state index contributed by atoms with van der Waals surface area (Å²) in [7, 11) is 3.11. The molecule has 0 unspecified atom stereocenters. The molecule has 2 rings (SSSR count). The molecule has 1 saturated carbocycles. The zero-order valence-electron chi connectivity index (χ0n) is 10.7. The van der Waals surface area contributed by atoms with E-state index in [1.54, 1.807) is 25.4 Å². The largest absolute Gasteiger partial charge is 0.465 e. The molecule has 5 nitrogen and oxygen atoms in total. The summed E-state index contributed by atoms with van der Waals surface area (Å²) in [6.45, 7) is 0.576. The first kappa shape index (κ1) is 13.0. The van der Waals surface area contributed by atoms with Gasteiger partial charge in [-0.3, -0.25) is 4.98 Å². The summed E-state index contributed by atoms with van der Waals surface area (Å²) in [5.41, 5.74) is 1.25. The van der Waals surface area contributed by atoms with Crippen molar-refractivity contribution in [1.29, 1.82) is 0 Å². The van der Waals surface area contributed by atoms with Gasteiger partial charge in [0.1, 0.15) is 0 Å². The summed E-state index contributed by atoms with van der Waals surface area (Å²) < 4.78 is 9.95. The fourth-order valence-electron chi connectivity index (χ4n) is 2.04. The third kappa shape index (κ3) is 2.86. The smallest absolute Gasteiger partial charge is 0.339 e. The molecule has 1 heterocycles. The van der Waals surface area contributed by atoms with Crippen LogP contribution in [0.1, 0.15) is 28.9 Å². The summed E-state index contributed by atoms with van der Waals surface area (Å²) in [6.07, 6.45) is 4.07. The average Bonchev–Trinajstić information content (AvgIpc) is 2.37. The SMILES string of the molecule is COC(=O)c1cccnc1CNC1CC(OC)C1. The summed E-state index contributed by atoms with van der Waals surface area (Å²) in [6, 6.07) is 3.91. The normalized spacial score (nSPS) is 22.3. The third-order valence-electron chi connectivity index (χ3n) is 3.28. The predicted molar refractivity (Wildman–Crippen MR) is 66.2 cm³/mol. The minimum Gasteiger partial charge on any atom is -0.465 e. The van der Waals surface area contributed by atoms with Gasteiger partial charge >= 0.3 is 5.97 Å². The van der Waals surface area contributed by atoms with Gasteiger partial charge in [-0.25, -0.2) is 4.79 Å². The highest BCUT2D eigenvalue weighted by molar-refractivity contribution is 5.90. The van der Waals surface area contributed by atoms with Crippen LogP contribution in [0, 0.1) is 0 Å². The number of nitrogens with one attached hydrogen (secondary N) is 1. The van der Waals surface area contributed by atoms with Crippen LogP contribution in [-0.2, 0) is 16.0 Å². The first-order valence-corrected chi connectivity index (χ1v) is 6.03. The van der Waals surface area contributed by atoms with Gasteiger partial charge in [-0.05, 0) is 25.0 Å². The predicted octanol–water partition coefficient (Wildman–Crippen LogP) is 1.14. The molecule has 1 fully saturated rings. The molecule has 0 aliphatic heterocycles. The Morgan fingerprint density at radius 2 is 2.28 bits per heavy atom. The first-order chi connectivity index (χ1) is 8.74. The second-order valence-corrected chi connectivity index (χ2v) is 4.40. The number of pyridine rings is 1. The molecule has 0 amide bonds. The average molecular weight is 250 g/mol. The maximum atomic E-state index is 11.6. The standard InChI is InChI=1S/C13H18N2O3/c1-17-10-6-9(7-10)15-8-12-11(13(16)18-2)4-3-5-14-12/h3-5,9-10,15H,6-8H2,1-2H3. The zero-order valence-corrected chi connectivity index (χ0v) is 10.7. The molecule has 0 spiro atoms. The van der Waals surface area contributed by atoms with Gasteiger partial charge in [0.25, 0.3) is 0 Å². The molecule has 1 aromatic heterocycles. The fourth-order valence-corrected chi connectivity index (χ4v) is 2.04. The molecule has 0 saturated heterocycles. The van der Waals surface area contributed by atoms with E-state index in [1.165, 1.54) is 7.11 Å². The number of hydrogen-bond acceptors (Lipinski definition) is 5. The fraction of sp³-hybridized carbons (Fsp3) is 0.538. The lowest BCUT2D eigenvalue weighted by molar-refractivity contribution is 0.0168. The molecule has 0 bridgehead atoms. The van der Waals surface area contributed by atoms with Gasteiger partial charge in [-0.1, -0.05) is 0 Å². The van der Waals surface area contributed by atoms with Crippen molar-refractivity contribution in [3.8, 4) is 0 Å². The second kappa shape index (κ2) is 5.93. The van der Waals surface area contributed by atoms with Gasteiger partial charge in [0, 0.05) is 25.9 Å². The number of rotatable bonds is 5. The maximum Gasteiger partial charge on any atom is 0.339 e. The first-order valence-electron chi connectivity index (χ1n) is 6.03. The number of methoxy groups -OCH3 is 2. The molecule has 1 aliphatic carbocycles. The van der Waals surface area contributed by atoms with Crippen LogP contribution in [0.25, 0.3) is 0 Å². The molecule has 0 radical (unpaired) electrons. The monoisotopic (exact) mass is 250 g/mol. The van der Waals surface area contributed by atoms with Crippen LogP contribution in [0.15, 0.2) is 18.3 Å². The Labute approximate surface area is 107 Å². The molecule has 1 aromatic rings. The number of carbonyl (C=O) groups excluding carboxylic acids is 1. The Bertz CT molecular complexity index is 416. The molecule has 0 aromatic carbocycles. The van der Waals surface area contributed by atoms with Crippen molar-refractivity contribution in [2.75, 3.05) is 14.2 Å². The summed E-state index contributed by atoms with van der Waals surface area (Å²) in [5, 5.41) is 3.37. The number of carbonyl (C=O) groups is 1. The van der Waals surface area contributed by atoms with Gasteiger partial charge in [0.2, 0.25) is 0 Å². The quantitative estimate of drug-likeness (QED) is 0.794. The molecule has 5 heteroatoms. The van der Waals surface area contributed by atoms with E-state index in [9.17, 15) is 4.79 Å². The third-order valence-corrected chi connectivity index (χ3v) is 3.28. The number of esters is 1. The van der Waals surface area contributed by atoms with Gasteiger partial charge in [-0.15, -0.1) is 0 Å². The molecule has 18 heavy (non-hydrogen) atoms. The van der Waals surface area contributed by atoms with Gasteiger partial charge in [0.05, 0.1) is 24.5 Å². The second-order valence-electron chi connectivity index (χ2n) is 4.40. The Morgan fingerprint density at radius 3 is 2.94 bits per heavy atom. The lowest BCUT2D eigenvalue weighted by Crippen LogP contribution is -2.44. The highest BCUT2D eigenvalue weighted by Gasteiger charge is 2.28. The number of aromatic nitrogens is 1. The molecule has 1 N–H and O–H groups in total. The van der Waals surface area contributed by atoms with Crippen LogP contribution in [0.2, 0.25) is 0 Å². The van der Waals surface area contributed by atoms with Gasteiger partial charge < -0.3 is 14.8 Å². The molecular formula is C13H18N2O3. The van der Waals surface area contributed by atoms with Crippen LogP contribution in [0.3, 0.4) is 0 Å². The molecule has 0 atom stereocenters. The summed E-state index contributed by atoms with van der Waals surface area (Å²) in [4.78, 5) is 15.8. The maximum absolute atomic E-state index is 11.6. The van der Waals surface area contributed by atoms with E-state index < -0.39 is 0 Å². The van der Waals surface area contributed by atoms with E-state index in [4.69, 9.17) is 9.47 Å². The van der Waals surface area contributed by atoms with Crippen LogP contribution in [0.5, 0.6) is 0 Å². The molecule has 1 aliphatic rings. The van der Waals surface area contributed by atoms with Gasteiger partial charge in [-0.2, -0.15) is 0 Å². The number of ether oxygens (including phenoxy) is 2. The Kier molecular flexibility index (Phi) is 4.28. The lowest BCUT2D eigenvalue weighted by atomic mass is 9.89. The van der Waals surface area contributed by atoms with Crippen molar-refractivity contribution in [2.24, 2.45) is 0 Å². The van der Waals surface area contributed by atoms with E-state index in [-0.39, 0.29) is 5.97 Å². The van der Waals surface area contributed by atoms with Crippen molar-refractivity contribution in [1.82, 2.24) is 10.3 Å². The Balaban J connectivity index is 1.91. The summed E-state index contributed by atoms with van der Waals surface area (Å²) in [5.74, 6) is -0.344. The van der Waals surface area contributed by atoms with Crippen molar-refractivity contribution < 1.29 is 14.3 Å². The number of nitrogens with zero attached hydrogens (tertiary/aromatic N) is 1. The van der Waals surface area contributed by atoms with E-state index in [0.29, 0.717) is 24.3 Å². The summed E-state index contributed by atoms with van der Waals surface area (Å²) >= 11 is 0. The highest BCUT2D eigenvalue weighted by atomic mass is 16.5. The molecular weight excluding hydrogens is 232 g/mol. The zero-order chi connectivity index (χ0) is 13.0. The minimum atomic E-state index is -0.344. The minimum absolute atomic E-state index is 0.344.